The van der Waals surface area contributed by atoms with Gasteiger partial charge in [0.2, 0.25) is 0 Å². The van der Waals surface area contributed by atoms with Crippen LogP contribution in [0, 0.1) is 5.92 Å². The van der Waals surface area contributed by atoms with Gasteiger partial charge in [0, 0.05) is 37.9 Å². The first-order valence-corrected chi connectivity index (χ1v) is 7.85. The molecular weight excluding hydrogens is 282 g/mol. The number of aliphatic imine (C=N–C) groups is 1. The van der Waals surface area contributed by atoms with Gasteiger partial charge in [-0.25, -0.2) is 0 Å². The van der Waals surface area contributed by atoms with Gasteiger partial charge in [-0.15, -0.1) is 0 Å². The van der Waals surface area contributed by atoms with Gasteiger partial charge in [0.15, 0.2) is 17.5 Å². The molecule has 1 fully saturated rings. The monoisotopic (exact) mass is 305 g/mol. The molecule has 1 unspecified atom stereocenters. The first-order valence-electron chi connectivity index (χ1n) is 7.85. The van der Waals surface area contributed by atoms with E-state index in [2.05, 4.69) is 10.3 Å². The van der Waals surface area contributed by atoms with Crippen LogP contribution in [-0.4, -0.2) is 38.9 Å². The van der Waals surface area contributed by atoms with Crippen molar-refractivity contribution in [3.8, 4) is 11.5 Å². The van der Waals surface area contributed by atoms with Crippen molar-refractivity contribution in [2.45, 2.75) is 19.3 Å². The lowest BCUT2D eigenvalue weighted by atomic mass is 10.1. The molecule has 3 rings (SSSR count). The van der Waals surface area contributed by atoms with E-state index < -0.39 is 0 Å². The van der Waals surface area contributed by atoms with Crippen LogP contribution in [0.15, 0.2) is 23.2 Å². The van der Waals surface area contributed by atoms with Crippen molar-refractivity contribution in [2.24, 2.45) is 16.6 Å². The highest BCUT2D eigenvalue weighted by molar-refractivity contribution is 5.92. The number of hydrogen-bond acceptors (Lipinski definition) is 4. The number of fused-ring (bicyclic) bond motifs is 1. The van der Waals surface area contributed by atoms with Crippen LogP contribution < -0.4 is 20.5 Å². The van der Waals surface area contributed by atoms with Gasteiger partial charge < -0.3 is 25.3 Å². The molecule has 2 aliphatic rings. The molecule has 120 valence electrons. The summed E-state index contributed by atoms with van der Waals surface area (Å²) in [4.78, 5) is 4.37. The number of anilines is 1. The van der Waals surface area contributed by atoms with E-state index in [1.807, 2.05) is 18.2 Å². The van der Waals surface area contributed by atoms with E-state index in [1.54, 1.807) is 0 Å². The fourth-order valence-corrected chi connectivity index (χ4v) is 2.61. The maximum absolute atomic E-state index is 5.93. The average molecular weight is 305 g/mol. The normalized spacial score (nSPS) is 21.5. The molecule has 0 aromatic heterocycles. The summed E-state index contributed by atoms with van der Waals surface area (Å²) in [5, 5.41) is 3.10. The van der Waals surface area contributed by atoms with E-state index in [1.165, 1.54) is 0 Å². The van der Waals surface area contributed by atoms with Gasteiger partial charge >= 0.3 is 0 Å². The largest absolute Gasteiger partial charge is 0.490 e. The molecule has 0 amide bonds. The van der Waals surface area contributed by atoms with Crippen LogP contribution in [0.4, 0.5) is 5.69 Å². The van der Waals surface area contributed by atoms with Crippen molar-refractivity contribution in [1.82, 2.24) is 0 Å². The molecule has 0 spiro atoms. The standard InChI is InChI=1S/C16H23N3O3/c17-16(18-6-4-12-5-9-20-11-12)19-13-2-3-14-15(10-13)22-8-1-7-21-14/h2-3,10,12H,1,4-9,11H2,(H3,17,18,19). The Morgan fingerprint density at radius 2 is 2.09 bits per heavy atom. The van der Waals surface area contributed by atoms with E-state index in [9.17, 15) is 0 Å². The van der Waals surface area contributed by atoms with E-state index in [4.69, 9.17) is 19.9 Å². The quantitative estimate of drug-likeness (QED) is 0.657. The number of benzene rings is 1. The highest BCUT2D eigenvalue weighted by atomic mass is 16.5. The molecule has 1 saturated heterocycles. The lowest BCUT2D eigenvalue weighted by molar-refractivity contribution is 0.184. The summed E-state index contributed by atoms with van der Waals surface area (Å²) in [6.07, 6.45) is 3.04. The number of nitrogens with two attached hydrogens (primary N) is 1. The van der Waals surface area contributed by atoms with Gasteiger partial charge in [0.25, 0.3) is 0 Å². The van der Waals surface area contributed by atoms with Crippen LogP contribution in [0.2, 0.25) is 0 Å². The molecule has 0 aliphatic carbocycles. The van der Waals surface area contributed by atoms with Crippen LogP contribution >= 0.6 is 0 Å². The van der Waals surface area contributed by atoms with Crippen molar-refractivity contribution < 1.29 is 14.2 Å². The number of nitrogens with one attached hydrogen (secondary N) is 1. The van der Waals surface area contributed by atoms with Crippen LogP contribution in [-0.2, 0) is 4.74 Å². The summed E-state index contributed by atoms with van der Waals surface area (Å²) < 4.78 is 16.6. The Labute approximate surface area is 130 Å². The smallest absolute Gasteiger partial charge is 0.193 e. The van der Waals surface area contributed by atoms with Crippen LogP contribution in [0.3, 0.4) is 0 Å². The number of ether oxygens (including phenoxy) is 3. The van der Waals surface area contributed by atoms with Crippen molar-refractivity contribution in [1.29, 1.82) is 0 Å². The molecule has 0 radical (unpaired) electrons. The summed E-state index contributed by atoms with van der Waals surface area (Å²) in [7, 11) is 0. The fraction of sp³-hybridized carbons (Fsp3) is 0.562. The molecule has 0 bridgehead atoms. The third-order valence-electron chi connectivity index (χ3n) is 3.86. The molecule has 0 saturated carbocycles. The minimum atomic E-state index is 0.424. The summed E-state index contributed by atoms with van der Waals surface area (Å²) in [6.45, 7) is 3.81. The third-order valence-corrected chi connectivity index (χ3v) is 3.86. The Balaban J connectivity index is 1.54. The van der Waals surface area contributed by atoms with Crippen molar-refractivity contribution in [3.63, 3.8) is 0 Å². The molecule has 2 aliphatic heterocycles. The van der Waals surface area contributed by atoms with E-state index in [0.29, 0.717) is 25.1 Å². The Hall–Kier alpha value is -1.95. The second-order valence-corrected chi connectivity index (χ2v) is 5.62. The van der Waals surface area contributed by atoms with Crippen LogP contribution in [0.5, 0.6) is 11.5 Å². The van der Waals surface area contributed by atoms with Crippen molar-refractivity contribution in [3.05, 3.63) is 18.2 Å². The number of nitrogens with zero attached hydrogens (tertiary/aromatic N) is 1. The first kappa shape index (κ1) is 15.0. The number of guanidine groups is 1. The van der Waals surface area contributed by atoms with Gasteiger partial charge in [0.1, 0.15) is 0 Å². The topological polar surface area (TPSA) is 78.1 Å². The fourth-order valence-electron chi connectivity index (χ4n) is 2.61. The van der Waals surface area contributed by atoms with E-state index in [-0.39, 0.29) is 0 Å². The lowest BCUT2D eigenvalue weighted by Gasteiger charge is -2.11. The number of hydrogen-bond donors (Lipinski definition) is 2. The Morgan fingerprint density at radius 3 is 2.91 bits per heavy atom. The second-order valence-electron chi connectivity index (χ2n) is 5.62. The zero-order valence-corrected chi connectivity index (χ0v) is 12.7. The van der Waals surface area contributed by atoms with Crippen molar-refractivity contribution in [2.75, 3.05) is 38.3 Å². The summed E-state index contributed by atoms with van der Waals surface area (Å²) >= 11 is 0. The summed E-state index contributed by atoms with van der Waals surface area (Å²) in [5.74, 6) is 2.57. The van der Waals surface area contributed by atoms with Gasteiger partial charge in [-0.2, -0.15) is 0 Å². The highest BCUT2D eigenvalue weighted by Gasteiger charge is 2.14. The summed E-state index contributed by atoms with van der Waals surface area (Å²) in [6, 6.07) is 5.71. The van der Waals surface area contributed by atoms with Gasteiger partial charge in [-0.3, -0.25) is 4.99 Å². The predicted octanol–water partition coefficient (Wildman–Crippen LogP) is 2.00. The average Bonchev–Trinajstić information content (AvgIpc) is 2.91. The molecule has 1 atom stereocenters. The van der Waals surface area contributed by atoms with Gasteiger partial charge in [-0.05, 0) is 30.9 Å². The molecule has 2 heterocycles. The minimum absolute atomic E-state index is 0.424. The zero-order valence-electron chi connectivity index (χ0n) is 12.7. The second kappa shape index (κ2) is 7.35. The molecule has 1 aromatic carbocycles. The predicted molar refractivity (Wildman–Crippen MR) is 85.7 cm³/mol. The summed E-state index contributed by atoms with van der Waals surface area (Å²) in [5.41, 5.74) is 6.79. The van der Waals surface area contributed by atoms with E-state index >= 15 is 0 Å². The SMILES string of the molecule is NC(=NCCC1CCOC1)Nc1ccc2c(c1)OCCCO2. The Kier molecular flexibility index (Phi) is 5.00. The zero-order chi connectivity index (χ0) is 15.2. The molecule has 6 heteroatoms. The van der Waals surface area contributed by atoms with Crippen LogP contribution in [0.25, 0.3) is 0 Å². The van der Waals surface area contributed by atoms with Gasteiger partial charge in [0.05, 0.1) is 13.2 Å². The molecule has 6 nitrogen and oxygen atoms in total. The molecule has 3 N–H and O–H groups in total. The van der Waals surface area contributed by atoms with Crippen molar-refractivity contribution >= 4 is 11.6 Å². The molecular formula is C16H23N3O3. The molecule has 22 heavy (non-hydrogen) atoms. The maximum Gasteiger partial charge on any atom is 0.193 e. The minimum Gasteiger partial charge on any atom is -0.490 e. The third kappa shape index (κ3) is 4.04. The van der Waals surface area contributed by atoms with Crippen LogP contribution in [0.1, 0.15) is 19.3 Å². The maximum atomic E-state index is 5.93. The number of rotatable bonds is 4. The highest BCUT2D eigenvalue weighted by Crippen LogP contribution is 2.32. The Bertz CT molecular complexity index is 527. The molecule has 1 aromatic rings. The van der Waals surface area contributed by atoms with Gasteiger partial charge in [-0.1, -0.05) is 0 Å². The lowest BCUT2D eigenvalue weighted by Crippen LogP contribution is -2.23. The Morgan fingerprint density at radius 1 is 1.23 bits per heavy atom. The van der Waals surface area contributed by atoms with E-state index in [0.717, 1.165) is 56.2 Å². The first-order chi connectivity index (χ1) is 10.8.